The molecule has 3 heterocycles. The van der Waals surface area contributed by atoms with Gasteiger partial charge < -0.3 is 9.64 Å². The van der Waals surface area contributed by atoms with Crippen molar-refractivity contribution in [2.45, 2.75) is 36.4 Å². The smallest absolute Gasteiger partial charge is 0.260 e. The second kappa shape index (κ2) is 6.27. The zero-order chi connectivity index (χ0) is 15.7. The van der Waals surface area contributed by atoms with Crippen LogP contribution in [-0.4, -0.2) is 72.8 Å². The number of aryl methyl sites for hydroxylation is 1. The fourth-order valence-electron chi connectivity index (χ4n) is 3.47. The van der Waals surface area contributed by atoms with E-state index >= 15 is 0 Å². The maximum absolute atomic E-state index is 13.0. The summed E-state index contributed by atoms with van der Waals surface area (Å²) in [6.45, 7) is 3.33. The van der Waals surface area contributed by atoms with Crippen molar-refractivity contribution in [3.8, 4) is 0 Å². The van der Waals surface area contributed by atoms with Gasteiger partial charge in [-0.05, 0) is 38.4 Å². The summed E-state index contributed by atoms with van der Waals surface area (Å²) in [5.41, 5.74) is 0. The molecule has 2 aliphatic rings. The average molecular weight is 328 g/mol. The highest BCUT2D eigenvalue weighted by atomic mass is 32.2. The monoisotopic (exact) mass is 328 g/mol. The summed E-state index contributed by atoms with van der Waals surface area (Å²) in [6, 6.07) is 1.53. The van der Waals surface area contributed by atoms with Gasteiger partial charge in [0.15, 0.2) is 5.03 Å². The summed E-state index contributed by atoms with van der Waals surface area (Å²) in [5.74, 6) is 0. The van der Waals surface area contributed by atoms with Crippen molar-refractivity contribution >= 4 is 10.0 Å². The maximum atomic E-state index is 13.0. The minimum Gasteiger partial charge on any atom is -0.380 e. The highest BCUT2D eigenvalue weighted by molar-refractivity contribution is 7.89. The third-order valence-corrected chi connectivity index (χ3v) is 6.67. The second-order valence-electron chi connectivity index (χ2n) is 6.12. The molecule has 0 saturated carbocycles. The molecule has 1 aromatic heterocycles. The quantitative estimate of drug-likeness (QED) is 0.777. The van der Waals surface area contributed by atoms with Crippen LogP contribution in [0.2, 0.25) is 0 Å². The fourth-order valence-corrected chi connectivity index (χ4v) is 5.24. The normalized spacial score (nSPS) is 27.7. The van der Waals surface area contributed by atoms with Crippen LogP contribution in [0.4, 0.5) is 0 Å². The Hall–Kier alpha value is -0.960. The zero-order valence-electron chi connectivity index (χ0n) is 13.2. The first-order chi connectivity index (χ1) is 10.5. The summed E-state index contributed by atoms with van der Waals surface area (Å²) in [6.07, 6.45) is 4.65. The molecule has 22 heavy (non-hydrogen) atoms. The summed E-state index contributed by atoms with van der Waals surface area (Å²) in [7, 11) is -0.223. The van der Waals surface area contributed by atoms with Gasteiger partial charge in [0.25, 0.3) is 10.0 Å². The van der Waals surface area contributed by atoms with E-state index in [9.17, 15) is 8.42 Å². The molecule has 1 aromatic rings. The standard InChI is InChI=1S/C14H24N4O3S/c1-16-14(5-6-15-16)22(19,20)18-11-13(21-2)9-12(18)10-17-7-3-4-8-17/h5-6,12-13H,3-4,7-11H2,1-2H3/t12-,13-/m0/s1. The van der Waals surface area contributed by atoms with E-state index in [0.29, 0.717) is 6.54 Å². The summed E-state index contributed by atoms with van der Waals surface area (Å²) in [5, 5.41) is 4.24. The van der Waals surface area contributed by atoms with Gasteiger partial charge in [-0.3, -0.25) is 4.68 Å². The Morgan fingerprint density at radius 3 is 2.68 bits per heavy atom. The molecule has 2 fully saturated rings. The molecule has 3 rings (SSSR count). The van der Waals surface area contributed by atoms with E-state index in [4.69, 9.17) is 4.74 Å². The van der Waals surface area contributed by atoms with Crippen LogP contribution < -0.4 is 0 Å². The van der Waals surface area contributed by atoms with Crippen molar-refractivity contribution in [3.63, 3.8) is 0 Å². The van der Waals surface area contributed by atoms with Crippen molar-refractivity contribution in [2.24, 2.45) is 7.05 Å². The Morgan fingerprint density at radius 1 is 1.36 bits per heavy atom. The van der Waals surface area contributed by atoms with Gasteiger partial charge in [0.05, 0.1) is 12.3 Å². The first kappa shape index (κ1) is 15.9. The van der Waals surface area contributed by atoms with Crippen molar-refractivity contribution in [3.05, 3.63) is 12.3 Å². The molecule has 2 saturated heterocycles. The average Bonchev–Trinajstić information content (AvgIpc) is 3.19. The van der Waals surface area contributed by atoms with E-state index in [0.717, 1.165) is 26.1 Å². The van der Waals surface area contributed by atoms with Crippen molar-refractivity contribution in [2.75, 3.05) is 33.3 Å². The lowest BCUT2D eigenvalue weighted by atomic mass is 10.2. The SMILES string of the molecule is CO[C@H]1C[C@@H](CN2CCCC2)N(S(=O)(=O)c2ccnn2C)C1. The second-order valence-corrected chi connectivity index (χ2v) is 7.96. The minimum absolute atomic E-state index is 0.0250. The minimum atomic E-state index is -3.53. The molecule has 7 nitrogen and oxygen atoms in total. The third kappa shape index (κ3) is 2.92. The number of rotatable bonds is 5. The number of hydrogen-bond donors (Lipinski definition) is 0. The highest BCUT2D eigenvalue weighted by Gasteiger charge is 2.42. The number of hydrogen-bond acceptors (Lipinski definition) is 5. The molecule has 0 aromatic carbocycles. The Kier molecular flexibility index (Phi) is 4.54. The third-order valence-electron chi connectivity index (χ3n) is 4.68. The molecule has 0 aliphatic carbocycles. The first-order valence-electron chi connectivity index (χ1n) is 7.77. The Bertz CT molecular complexity index is 609. The molecule has 0 spiro atoms. The van der Waals surface area contributed by atoms with Crippen LogP contribution in [0.3, 0.4) is 0 Å². The number of ether oxygens (including phenoxy) is 1. The maximum Gasteiger partial charge on any atom is 0.260 e. The molecule has 0 bridgehead atoms. The Balaban J connectivity index is 1.83. The lowest BCUT2D eigenvalue weighted by Crippen LogP contribution is -2.43. The molecule has 2 aliphatic heterocycles. The van der Waals surface area contributed by atoms with Crippen LogP contribution in [0.1, 0.15) is 19.3 Å². The Morgan fingerprint density at radius 2 is 2.09 bits per heavy atom. The first-order valence-corrected chi connectivity index (χ1v) is 9.21. The van der Waals surface area contributed by atoms with E-state index in [-0.39, 0.29) is 17.2 Å². The summed E-state index contributed by atoms with van der Waals surface area (Å²) in [4.78, 5) is 2.36. The van der Waals surface area contributed by atoms with Gasteiger partial charge in [0.2, 0.25) is 0 Å². The number of sulfonamides is 1. The molecular weight excluding hydrogens is 304 g/mol. The number of nitrogens with zero attached hydrogens (tertiary/aromatic N) is 4. The van der Waals surface area contributed by atoms with Gasteiger partial charge in [-0.1, -0.05) is 0 Å². The lowest BCUT2D eigenvalue weighted by Gasteiger charge is -2.27. The van der Waals surface area contributed by atoms with Crippen LogP contribution in [0, 0.1) is 0 Å². The molecular formula is C14H24N4O3S. The summed E-state index contributed by atoms with van der Waals surface area (Å²) < 4.78 is 34.4. The predicted molar refractivity (Wildman–Crippen MR) is 82.0 cm³/mol. The van der Waals surface area contributed by atoms with Crippen molar-refractivity contribution in [1.82, 2.24) is 19.0 Å². The van der Waals surface area contributed by atoms with Gasteiger partial charge >= 0.3 is 0 Å². The molecule has 2 atom stereocenters. The Labute approximate surface area is 131 Å². The molecule has 8 heteroatoms. The van der Waals surface area contributed by atoms with E-state index < -0.39 is 10.0 Å². The largest absolute Gasteiger partial charge is 0.380 e. The number of likely N-dealkylation sites (tertiary alicyclic amines) is 1. The molecule has 0 N–H and O–H groups in total. The van der Waals surface area contributed by atoms with Gasteiger partial charge in [0.1, 0.15) is 0 Å². The highest BCUT2D eigenvalue weighted by Crippen LogP contribution is 2.28. The van der Waals surface area contributed by atoms with Crippen LogP contribution in [0.25, 0.3) is 0 Å². The van der Waals surface area contributed by atoms with E-state index in [1.54, 1.807) is 24.5 Å². The van der Waals surface area contributed by atoms with E-state index in [1.807, 2.05) is 0 Å². The number of methoxy groups -OCH3 is 1. The van der Waals surface area contributed by atoms with Gasteiger partial charge in [0, 0.05) is 33.3 Å². The zero-order valence-corrected chi connectivity index (χ0v) is 14.0. The summed E-state index contributed by atoms with van der Waals surface area (Å²) >= 11 is 0. The van der Waals surface area contributed by atoms with Crippen LogP contribution >= 0.6 is 0 Å². The van der Waals surface area contributed by atoms with Gasteiger partial charge in [-0.15, -0.1) is 0 Å². The van der Waals surface area contributed by atoms with Gasteiger partial charge in [-0.25, -0.2) is 8.42 Å². The predicted octanol–water partition coefficient (Wildman–Crippen LogP) is 0.294. The molecule has 124 valence electrons. The van der Waals surface area contributed by atoms with Gasteiger partial charge in [-0.2, -0.15) is 9.40 Å². The van der Waals surface area contributed by atoms with E-state index in [1.165, 1.54) is 23.7 Å². The van der Waals surface area contributed by atoms with E-state index in [2.05, 4.69) is 10.00 Å². The van der Waals surface area contributed by atoms with Crippen LogP contribution in [0.5, 0.6) is 0 Å². The van der Waals surface area contributed by atoms with Crippen molar-refractivity contribution in [1.29, 1.82) is 0 Å². The fraction of sp³-hybridized carbons (Fsp3) is 0.786. The van der Waals surface area contributed by atoms with Crippen LogP contribution in [-0.2, 0) is 21.8 Å². The van der Waals surface area contributed by atoms with Crippen LogP contribution in [0.15, 0.2) is 17.3 Å². The van der Waals surface area contributed by atoms with Crippen molar-refractivity contribution < 1.29 is 13.2 Å². The molecule has 0 radical (unpaired) electrons. The number of aromatic nitrogens is 2. The molecule has 0 amide bonds. The topological polar surface area (TPSA) is 67.7 Å². The molecule has 0 unspecified atom stereocenters. The lowest BCUT2D eigenvalue weighted by molar-refractivity contribution is 0.113.